The van der Waals surface area contributed by atoms with E-state index in [1.807, 2.05) is 30.3 Å². The molecule has 150 valence electrons. The second-order valence-electron chi connectivity index (χ2n) is 8.75. The third kappa shape index (κ3) is 7.01. The second-order valence-corrected chi connectivity index (χ2v) is 9.16. The van der Waals surface area contributed by atoms with Crippen molar-refractivity contribution in [3.8, 4) is 5.75 Å². The smallest absolute Gasteiger partial charge is 0.277 e. The van der Waals surface area contributed by atoms with E-state index in [9.17, 15) is 4.79 Å². The molecule has 2 aromatic rings. The molecule has 5 heteroatoms. The molecule has 0 bridgehead atoms. The van der Waals surface area contributed by atoms with E-state index < -0.39 is 0 Å². The Balaban J connectivity index is 1.86. The average molecular weight is 401 g/mol. The summed E-state index contributed by atoms with van der Waals surface area (Å²) >= 11 is 6.03. The van der Waals surface area contributed by atoms with Gasteiger partial charge in [-0.15, -0.1) is 0 Å². The molecular formula is C23H29ClN2O2. The normalized spacial score (nSPS) is 12.2. The zero-order valence-electron chi connectivity index (χ0n) is 17.3. The van der Waals surface area contributed by atoms with E-state index in [0.717, 1.165) is 12.0 Å². The van der Waals surface area contributed by atoms with Crippen molar-refractivity contribution in [2.24, 2.45) is 10.5 Å². The Hall–Kier alpha value is -2.33. The van der Waals surface area contributed by atoms with Crippen LogP contribution in [0.15, 0.2) is 53.6 Å². The van der Waals surface area contributed by atoms with Crippen LogP contribution in [0.3, 0.4) is 0 Å². The number of benzene rings is 2. The predicted octanol–water partition coefficient (Wildman–Crippen LogP) is 5.58. The van der Waals surface area contributed by atoms with Crippen LogP contribution in [0.5, 0.6) is 5.75 Å². The van der Waals surface area contributed by atoms with Crippen molar-refractivity contribution < 1.29 is 9.53 Å². The molecule has 0 aromatic heterocycles. The van der Waals surface area contributed by atoms with E-state index in [1.54, 1.807) is 6.07 Å². The van der Waals surface area contributed by atoms with Gasteiger partial charge >= 0.3 is 0 Å². The Morgan fingerprint density at radius 1 is 1.07 bits per heavy atom. The Labute approximate surface area is 172 Å². The predicted molar refractivity (Wildman–Crippen MR) is 116 cm³/mol. The van der Waals surface area contributed by atoms with Gasteiger partial charge in [0.2, 0.25) is 0 Å². The third-order valence-electron chi connectivity index (χ3n) is 4.28. The van der Waals surface area contributed by atoms with E-state index in [2.05, 4.69) is 57.3 Å². The first-order valence-electron chi connectivity index (χ1n) is 9.37. The van der Waals surface area contributed by atoms with E-state index in [4.69, 9.17) is 16.3 Å². The lowest BCUT2D eigenvalue weighted by molar-refractivity contribution is -0.123. The Kier molecular flexibility index (Phi) is 7.25. The van der Waals surface area contributed by atoms with E-state index in [-0.39, 0.29) is 23.3 Å². The lowest BCUT2D eigenvalue weighted by atomic mass is 9.72. The number of hydrogen-bond donors (Lipinski definition) is 1. The van der Waals surface area contributed by atoms with Crippen molar-refractivity contribution in [1.82, 2.24) is 5.43 Å². The van der Waals surface area contributed by atoms with E-state index in [1.165, 1.54) is 11.8 Å². The van der Waals surface area contributed by atoms with Gasteiger partial charge in [0.15, 0.2) is 6.61 Å². The molecule has 0 heterocycles. The summed E-state index contributed by atoms with van der Waals surface area (Å²) in [6.07, 6.45) is 2.58. The number of carbonyl (C=O) groups excluding carboxylic acids is 1. The lowest BCUT2D eigenvalue weighted by Crippen LogP contribution is -2.25. The zero-order chi connectivity index (χ0) is 20.8. The van der Waals surface area contributed by atoms with Crippen LogP contribution in [0.2, 0.25) is 5.02 Å². The van der Waals surface area contributed by atoms with Crippen LogP contribution in [0, 0.1) is 5.41 Å². The summed E-state index contributed by atoms with van der Waals surface area (Å²) in [6.45, 7) is 11.1. The molecule has 1 amide bonds. The topological polar surface area (TPSA) is 50.7 Å². The molecule has 0 aliphatic carbocycles. The fourth-order valence-corrected chi connectivity index (χ4v) is 3.55. The highest BCUT2D eigenvalue weighted by Crippen LogP contribution is 2.36. The minimum absolute atomic E-state index is 0.0710. The summed E-state index contributed by atoms with van der Waals surface area (Å²) in [4.78, 5) is 11.9. The van der Waals surface area contributed by atoms with Gasteiger partial charge < -0.3 is 4.74 Å². The second kappa shape index (κ2) is 9.24. The largest absolute Gasteiger partial charge is 0.484 e. The van der Waals surface area contributed by atoms with Crippen molar-refractivity contribution >= 4 is 23.7 Å². The van der Waals surface area contributed by atoms with E-state index >= 15 is 0 Å². The molecule has 0 fully saturated rings. The first-order valence-corrected chi connectivity index (χ1v) is 9.74. The Morgan fingerprint density at radius 2 is 1.71 bits per heavy atom. The molecule has 1 N–H and O–H groups in total. The Morgan fingerprint density at radius 3 is 2.32 bits per heavy atom. The van der Waals surface area contributed by atoms with Gasteiger partial charge in [0.1, 0.15) is 5.75 Å². The maximum absolute atomic E-state index is 11.9. The molecule has 4 nitrogen and oxygen atoms in total. The van der Waals surface area contributed by atoms with Gasteiger partial charge in [0.05, 0.1) is 6.21 Å². The minimum atomic E-state index is -0.333. The summed E-state index contributed by atoms with van der Waals surface area (Å²) in [5.41, 5.74) is 4.75. The molecule has 0 unspecified atom stereocenters. The third-order valence-corrected chi connectivity index (χ3v) is 4.62. The Bertz CT molecular complexity index is 821. The van der Waals surface area contributed by atoms with Crippen LogP contribution in [0.25, 0.3) is 0 Å². The first-order chi connectivity index (χ1) is 13.1. The molecule has 0 saturated carbocycles. The summed E-state index contributed by atoms with van der Waals surface area (Å²) < 4.78 is 5.55. The van der Waals surface area contributed by atoms with Crippen LogP contribution in [-0.2, 0) is 10.2 Å². The van der Waals surface area contributed by atoms with Crippen molar-refractivity contribution in [1.29, 1.82) is 0 Å². The fourth-order valence-electron chi connectivity index (χ4n) is 3.36. The highest BCUT2D eigenvalue weighted by molar-refractivity contribution is 6.33. The van der Waals surface area contributed by atoms with Crippen molar-refractivity contribution in [3.63, 3.8) is 0 Å². The lowest BCUT2D eigenvalue weighted by Gasteiger charge is -2.33. The number of carbonyl (C=O) groups is 1. The van der Waals surface area contributed by atoms with Gasteiger partial charge in [0.25, 0.3) is 5.91 Å². The standard InChI is InChI=1S/C23H29ClN2O2/c1-22(2,3)16-23(4,5)18-10-12-19(13-11-18)28-15-21(27)26-25-14-17-8-6-7-9-20(17)24/h6-14H,15-16H2,1-5H3,(H,26,27)/b25-14+. The number of nitrogens with one attached hydrogen (secondary N) is 1. The minimum Gasteiger partial charge on any atom is -0.484 e. The zero-order valence-corrected chi connectivity index (χ0v) is 18.0. The summed E-state index contributed by atoms with van der Waals surface area (Å²) in [6, 6.07) is 15.2. The van der Waals surface area contributed by atoms with Gasteiger partial charge in [-0.3, -0.25) is 4.79 Å². The maximum atomic E-state index is 11.9. The van der Waals surface area contributed by atoms with Crippen LogP contribution in [-0.4, -0.2) is 18.7 Å². The fraction of sp³-hybridized carbons (Fsp3) is 0.391. The number of halogens is 1. The molecule has 0 atom stereocenters. The quantitative estimate of drug-likeness (QED) is 0.487. The van der Waals surface area contributed by atoms with Gasteiger partial charge in [-0.05, 0) is 41.0 Å². The SMILES string of the molecule is CC(C)(C)CC(C)(C)c1ccc(OCC(=O)N/N=C/c2ccccc2Cl)cc1. The molecule has 0 aliphatic rings. The summed E-state index contributed by atoms with van der Waals surface area (Å²) in [5.74, 6) is 0.320. The van der Waals surface area contributed by atoms with Crippen LogP contribution >= 0.6 is 11.6 Å². The highest BCUT2D eigenvalue weighted by Gasteiger charge is 2.27. The van der Waals surface area contributed by atoms with Crippen LogP contribution < -0.4 is 10.2 Å². The van der Waals surface area contributed by atoms with Gasteiger partial charge in [-0.25, -0.2) is 5.43 Å². The van der Waals surface area contributed by atoms with Gasteiger partial charge in [-0.2, -0.15) is 5.10 Å². The molecule has 2 aromatic carbocycles. The number of nitrogens with zero attached hydrogens (tertiary/aromatic N) is 1. The number of ether oxygens (including phenoxy) is 1. The molecular weight excluding hydrogens is 372 g/mol. The summed E-state index contributed by atoms with van der Waals surface area (Å²) in [5, 5.41) is 4.48. The van der Waals surface area contributed by atoms with Crippen LogP contribution in [0.4, 0.5) is 0 Å². The first kappa shape index (κ1) is 22.0. The van der Waals surface area contributed by atoms with Crippen molar-refractivity contribution in [3.05, 3.63) is 64.7 Å². The van der Waals surface area contributed by atoms with Gasteiger partial charge in [0, 0.05) is 10.6 Å². The summed E-state index contributed by atoms with van der Waals surface area (Å²) in [7, 11) is 0. The number of amides is 1. The molecule has 2 rings (SSSR count). The number of rotatable bonds is 7. The van der Waals surface area contributed by atoms with Gasteiger partial charge in [-0.1, -0.05) is 76.6 Å². The molecule has 0 radical (unpaired) electrons. The average Bonchev–Trinajstić information content (AvgIpc) is 2.60. The number of hydrogen-bond acceptors (Lipinski definition) is 3. The van der Waals surface area contributed by atoms with Crippen molar-refractivity contribution in [2.75, 3.05) is 6.61 Å². The number of hydrazone groups is 1. The molecule has 28 heavy (non-hydrogen) atoms. The molecule has 0 spiro atoms. The molecule has 0 saturated heterocycles. The maximum Gasteiger partial charge on any atom is 0.277 e. The van der Waals surface area contributed by atoms with Crippen LogP contribution in [0.1, 0.15) is 52.2 Å². The van der Waals surface area contributed by atoms with E-state index in [0.29, 0.717) is 10.8 Å². The van der Waals surface area contributed by atoms with Crippen molar-refractivity contribution in [2.45, 2.75) is 46.5 Å². The molecule has 0 aliphatic heterocycles. The highest BCUT2D eigenvalue weighted by atomic mass is 35.5. The monoisotopic (exact) mass is 400 g/mol.